The van der Waals surface area contributed by atoms with Gasteiger partial charge in [-0.1, -0.05) is 24.3 Å². The molecule has 0 saturated heterocycles. The van der Waals surface area contributed by atoms with E-state index in [1.807, 2.05) is 24.3 Å². The summed E-state index contributed by atoms with van der Waals surface area (Å²) in [5.41, 5.74) is 2.00. The van der Waals surface area contributed by atoms with Gasteiger partial charge in [0.05, 0.1) is 6.10 Å². The van der Waals surface area contributed by atoms with Crippen LogP contribution in [0, 0.1) is 0 Å². The van der Waals surface area contributed by atoms with Crippen molar-refractivity contribution in [1.29, 1.82) is 0 Å². The molecule has 1 aromatic carbocycles. The fourth-order valence-corrected chi connectivity index (χ4v) is 1.41. The fourth-order valence-electron chi connectivity index (χ4n) is 1.41. The van der Waals surface area contributed by atoms with E-state index in [9.17, 15) is 9.90 Å². The van der Waals surface area contributed by atoms with Crippen molar-refractivity contribution in [2.75, 3.05) is 0 Å². The van der Waals surface area contributed by atoms with Gasteiger partial charge < -0.3 is 10.2 Å². The molecule has 3 heteroatoms. The number of hydrogen-bond acceptors (Lipinski definition) is 2. The molecule has 0 aromatic heterocycles. The SMILES string of the molecule is CC(O)c1ccc(CCCC(=O)O)cc1. The summed E-state index contributed by atoms with van der Waals surface area (Å²) < 4.78 is 0. The Morgan fingerprint density at radius 2 is 1.93 bits per heavy atom. The molecular formula is C12H16O3. The Balaban J connectivity index is 2.46. The number of carbonyl (C=O) groups is 1. The zero-order valence-electron chi connectivity index (χ0n) is 8.81. The molecule has 3 nitrogen and oxygen atoms in total. The van der Waals surface area contributed by atoms with Gasteiger partial charge in [0.2, 0.25) is 0 Å². The molecule has 1 atom stereocenters. The molecule has 0 amide bonds. The lowest BCUT2D eigenvalue weighted by Gasteiger charge is -2.05. The number of aliphatic carboxylic acids is 1. The average Bonchev–Trinajstić information content (AvgIpc) is 2.18. The maximum atomic E-state index is 10.3. The molecule has 0 fully saturated rings. The lowest BCUT2D eigenvalue weighted by atomic mass is 10.0. The summed E-state index contributed by atoms with van der Waals surface area (Å²) >= 11 is 0. The minimum Gasteiger partial charge on any atom is -0.481 e. The Kier molecular flexibility index (Phi) is 4.31. The number of benzene rings is 1. The maximum absolute atomic E-state index is 10.3. The second-order valence-corrected chi connectivity index (χ2v) is 3.66. The zero-order valence-corrected chi connectivity index (χ0v) is 8.81. The third-order valence-electron chi connectivity index (χ3n) is 2.32. The molecule has 1 unspecified atom stereocenters. The van der Waals surface area contributed by atoms with E-state index in [4.69, 9.17) is 5.11 Å². The number of hydrogen-bond donors (Lipinski definition) is 2. The van der Waals surface area contributed by atoms with E-state index in [1.165, 1.54) is 0 Å². The number of aliphatic hydroxyl groups excluding tert-OH is 1. The van der Waals surface area contributed by atoms with Crippen LogP contribution in [0.2, 0.25) is 0 Å². The molecule has 0 aliphatic heterocycles. The largest absolute Gasteiger partial charge is 0.481 e. The summed E-state index contributed by atoms with van der Waals surface area (Å²) in [6.07, 6.45) is 1.19. The first kappa shape index (κ1) is 11.7. The standard InChI is InChI=1S/C12H16O3/c1-9(13)11-7-5-10(6-8-11)3-2-4-12(14)15/h5-9,13H,2-4H2,1H3,(H,14,15). The van der Waals surface area contributed by atoms with Gasteiger partial charge in [0, 0.05) is 6.42 Å². The summed E-state index contributed by atoms with van der Waals surface area (Å²) in [6, 6.07) is 7.62. The van der Waals surface area contributed by atoms with Crippen LogP contribution >= 0.6 is 0 Å². The highest BCUT2D eigenvalue weighted by Gasteiger charge is 2.01. The summed E-state index contributed by atoms with van der Waals surface area (Å²) in [7, 11) is 0. The Bertz CT molecular complexity index is 314. The molecule has 0 heterocycles. The third kappa shape index (κ3) is 4.13. The highest BCUT2D eigenvalue weighted by molar-refractivity contribution is 5.66. The van der Waals surface area contributed by atoms with Gasteiger partial charge in [-0.2, -0.15) is 0 Å². The van der Waals surface area contributed by atoms with Crippen molar-refractivity contribution in [3.05, 3.63) is 35.4 Å². The van der Waals surface area contributed by atoms with E-state index >= 15 is 0 Å². The number of carboxylic acid groups (broad SMARTS) is 1. The summed E-state index contributed by atoms with van der Waals surface area (Å²) in [6.45, 7) is 1.72. The molecule has 0 aliphatic rings. The smallest absolute Gasteiger partial charge is 0.303 e. The Morgan fingerprint density at radius 3 is 2.40 bits per heavy atom. The van der Waals surface area contributed by atoms with Crippen LogP contribution in [0.15, 0.2) is 24.3 Å². The van der Waals surface area contributed by atoms with E-state index in [2.05, 4.69) is 0 Å². The minimum atomic E-state index is -0.754. The normalized spacial score (nSPS) is 12.4. The van der Waals surface area contributed by atoms with Crippen LogP contribution in [-0.4, -0.2) is 16.2 Å². The van der Waals surface area contributed by atoms with Gasteiger partial charge in [0.15, 0.2) is 0 Å². The maximum Gasteiger partial charge on any atom is 0.303 e. The van der Waals surface area contributed by atoms with Crippen LogP contribution in [0.4, 0.5) is 0 Å². The van der Waals surface area contributed by atoms with Crippen LogP contribution in [-0.2, 0) is 11.2 Å². The van der Waals surface area contributed by atoms with Crippen molar-refractivity contribution < 1.29 is 15.0 Å². The van der Waals surface area contributed by atoms with E-state index in [1.54, 1.807) is 6.92 Å². The number of carboxylic acids is 1. The fraction of sp³-hybridized carbons (Fsp3) is 0.417. The van der Waals surface area contributed by atoms with Crippen molar-refractivity contribution in [2.24, 2.45) is 0 Å². The first-order chi connectivity index (χ1) is 7.09. The van der Waals surface area contributed by atoms with E-state index in [-0.39, 0.29) is 6.42 Å². The summed E-state index contributed by atoms with van der Waals surface area (Å²) in [5.74, 6) is -0.754. The van der Waals surface area contributed by atoms with Crippen molar-refractivity contribution >= 4 is 5.97 Å². The van der Waals surface area contributed by atoms with Gasteiger partial charge in [-0.15, -0.1) is 0 Å². The van der Waals surface area contributed by atoms with E-state index in [0.717, 1.165) is 17.5 Å². The number of aliphatic hydroxyl groups is 1. The zero-order chi connectivity index (χ0) is 11.3. The van der Waals surface area contributed by atoms with Crippen molar-refractivity contribution in [3.63, 3.8) is 0 Å². The molecule has 0 radical (unpaired) electrons. The highest BCUT2D eigenvalue weighted by Crippen LogP contribution is 2.13. The van der Waals surface area contributed by atoms with Gasteiger partial charge in [-0.05, 0) is 30.9 Å². The van der Waals surface area contributed by atoms with Crippen LogP contribution in [0.1, 0.15) is 37.0 Å². The highest BCUT2D eigenvalue weighted by atomic mass is 16.4. The van der Waals surface area contributed by atoms with Crippen LogP contribution in [0.3, 0.4) is 0 Å². The minimum absolute atomic E-state index is 0.207. The predicted octanol–water partition coefficient (Wildman–Crippen LogP) is 2.15. The molecule has 0 spiro atoms. The van der Waals surface area contributed by atoms with Gasteiger partial charge in [-0.3, -0.25) is 4.79 Å². The quantitative estimate of drug-likeness (QED) is 0.779. The molecule has 0 saturated carbocycles. The number of rotatable bonds is 5. The van der Waals surface area contributed by atoms with Gasteiger partial charge >= 0.3 is 5.97 Å². The Morgan fingerprint density at radius 1 is 1.33 bits per heavy atom. The molecule has 82 valence electrons. The van der Waals surface area contributed by atoms with Gasteiger partial charge in [-0.25, -0.2) is 0 Å². The van der Waals surface area contributed by atoms with Crippen molar-refractivity contribution in [3.8, 4) is 0 Å². The lowest BCUT2D eigenvalue weighted by Crippen LogP contribution is -1.96. The van der Waals surface area contributed by atoms with Crippen LogP contribution in [0.25, 0.3) is 0 Å². The second-order valence-electron chi connectivity index (χ2n) is 3.66. The number of aryl methyl sites for hydroxylation is 1. The predicted molar refractivity (Wildman–Crippen MR) is 57.6 cm³/mol. The summed E-state index contributed by atoms with van der Waals surface area (Å²) in [5, 5.41) is 17.8. The first-order valence-corrected chi connectivity index (χ1v) is 5.08. The summed E-state index contributed by atoms with van der Waals surface area (Å²) in [4.78, 5) is 10.3. The van der Waals surface area contributed by atoms with Crippen molar-refractivity contribution in [1.82, 2.24) is 0 Å². The Hall–Kier alpha value is -1.35. The lowest BCUT2D eigenvalue weighted by molar-refractivity contribution is -0.137. The van der Waals surface area contributed by atoms with Crippen molar-refractivity contribution in [2.45, 2.75) is 32.3 Å². The second kappa shape index (κ2) is 5.51. The monoisotopic (exact) mass is 208 g/mol. The topological polar surface area (TPSA) is 57.5 Å². The molecule has 1 aromatic rings. The molecule has 2 N–H and O–H groups in total. The molecule has 1 rings (SSSR count). The average molecular weight is 208 g/mol. The first-order valence-electron chi connectivity index (χ1n) is 5.08. The van der Waals surface area contributed by atoms with E-state index in [0.29, 0.717) is 6.42 Å². The van der Waals surface area contributed by atoms with Gasteiger partial charge in [0.1, 0.15) is 0 Å². The van der Waals surface area contributed by atoms with Crippen LogP contribution < -0.4 is 0 Å². The molecule has 15 heavy (non-hydrogen) atoms. The Labute approximate surface area is 89.4 Å². The third-order valence-corrected chi connectivity index (χ3v) is 2.32. The van der Waals surface area contributed by atoms with Gasteiger partial charge in [0.25, 0.3) is 0 Å². The van der Waals surface area contributed by atoms with E-state index < -0.39 is 12.1 Å². The molecule has 0 aliphatic carbocycles. The van der Waals surface area contributed by atoms with Crippen LogP contribution in [0.5, 0.6) is 0 Å². The molecule has 0 bridgehead atoms. The molecular weight excluding hydrogens is 192 g/mol.